The van der Waals surface area contributed by atoms with E-state index >= 15 is 0 Å². The second-order valence-electron chi connectivity index (χ2n) is 8.04. The number of hydrogen-bond acceptors (Lipinski definition) is 6. The molecule has 0 spiro atoms. The summed E-state index contributed by atoms with van der Waals surface area (Å²) in [6.45, 7) is 2.69. The molecule has 1 N–H and O–H groups in total. The van der Waals surface area contributed by atoms with E-state index in [2.05, 4.69) is 44.7 Å². The van der Waals surface area contributed by atoms with Crippen LogP contribution in [0.1, 0.15) is 23.6 Å². The van der Waals surface area contributed by atoms with E-state index in [1.807, 2.05) is 31.2 Å². The normalized spacial score (nSPS) is 11.0. The van der Waals surface area contributed by atoms with Crippen LogP contribution < -0.4 is 14.9 Å². The fraction of sp³-hybridized carbons (Fsp3) is 0.143. The molecule has 9 heteroatoms. The first-order valence-corrected chi connectivity index (χ1v) is 12.4. The third kappa shape index (κ3) is 6.50. The summed E-state index contributed by atoms with van der Waals surface area (Å²) >= 11 is 3.53. The molecule has 0 fully saturated rings. The van der Waals surface area contributed by atoms with Gasteiger partial charge in [0.1, 0.15) is 6.61 Å². The van der Waals surface area contributed by atoms with Crippen molar-refractivity contribution in [3.63, 3.8) is 0 Å². The zero-order chi connectivity index (χ0) is 26.2. The highest BCUT2D eigenvalue weighted by atomic mass is 79.9. The first-order valence-electron chi connectivity index (χ1n) is 11.6. The average Bonchev–Trinajstić information content (AvgIpc) is 2.89. The minimum atomic E-state index is -0.512. The molecule has 0 atom stereocenters. The predicted molar refractivity (Wildman–Crippen MR) is 146 cm³/mol. The van der Waals surface area contributed by atoms with E-state index in [0.29, 0.717) is 40.3 Å². The van der Waals surface area contributed by atoms with Crippen LogP contribution >= 0.6 is 15.9 Å². The number of hydrazone groups is 1. The SMILES string of the molecule is CCOc1cc(/C=N/NC(=O)Cc2ccccc2[N+](=O)[O-])c(Br)cc1OCc1cccc2ccccc12. The molecule has 0 aliphatic rings. The van der Waals surface area contributed by atoms with E-state index in [-0.39, 0.29) is 12.1 Å². The number of benzene rings is 4. The molecule has 0 bridgehead atoms. The highest BCUT2D eigenvalue weighted by Crippen LogP contribution is 2.34. The summed E-state index contributed by atoms with van der Waals surface area (Å²) < 4.78 is 12.6. The van der Waals surface area contributed by atoms with E-state index in [1.54, 1.807) is 30.3 Å². The van der Waals surface area contributed by atoms with Crippen molar-refractivity contribution < 1.29 is 19.2 Å². The highest BCUT2D eigenvalue weighted by Gasteiger charge is 2.15. The van der Waals surface area contributed by atoms with Crippen LogP contribution in [0.3, 0.4) is 0 Å². The molecule has 37 heavy (non-hydrogen) atoms. The van der Waals surface area contributed by atoms with E-state index in [0.717, 1.165) is 16.3 Å². The van der Waals surface area contributed by atoms with Crippen LogP contribution in [-0.2, 0) is 17.8 Å². The smallest absolute Gasteiger partial charge is 0.273 e. The Balaban J connectivity index is 1.46. The fourth-order valence-corrected chi connectivity index (χ4v) is 4.25. The molecule has 0 heterocycles. The lowest BCUT2D eigenvalue weighted by Gasteiger charge is -2.15. The van der Waals surface area contributed by atoms with Gasteiger partial charge in [0.05, 0.1) is 24.2 Å². The number of nitrogens with zero attached hydrogens (tertiary/aromatic N) is 2. The standard InChI is InChI=1S/C28H24BrN3O5/c1-2-36-26-14-22(17-30-31-28(33)15-20-9-4-6-13-25(20)32(34)35)24(29)16-27(26)37-18-21-11-7-10-19-8-3-5-12-23(19)21/h3-14,16-17H,2,15,18H2,1H3,(H,31,33)/b30-17+. The van der Waals surface area contributed by atoms with Gasteiger partial charge in [0, 0.05) is 21.7 Å². The van der Waals surface area contributed by atoms with Crippen LogP contribution in [0.15, 0.2) is 88.4 Å². The van der Waals surface area contributed by atoms with Crippen molar-refractivity contribution in [3.05, 3.63) is 110 Å². The molecule has 0 unspecified atom stereocenters. The van der Waals surface area contributed by atoms with Crippen molar-refractivity contribution >= 4 is 44.5 Å². The summed E-state index contributed by atoms with van der Waals surface area (Å²) in [4.78, 5) is 22.9. The van der Waals surface area contributed by atoms with Crippen LogP contribution in [0, 0.1) is 10.1 Å². The Labute approximate surface area is 222 Å². The van der Waals surface area contributed by atoms with Crippen molar-refractivity contribution in [1.29, 1.82) is 0 Å². The Morgan fingerprint density at radius 2 is 1.70 bits per heavy atom. The number of para-hydroxylation sites is 1. The molecule has 4 aromatic rings. The first-order chi connectivity index (χ1) is 18.0. The molecular formula is C28H24BrN3O5. The summed E-state index contributed by atoms with van der Waals surface area (Å²) in [6, 6.07) is 23.9. The Hall–Kier alpha value is -4.24. The number of halogens is 1. The first kappa shape index (κ1) is 25.8. The van der Waals surface area contributed by atoms with Gasteiger partial charge in [-0.3, -0.25) is 14.9 Å². The van der Waals surface area contributed by atoms with E-state index < -0.39 is 10.8 Å². The lowest BCUT2D eigenvalue weighted by atomic mass is 10.1. The van der Waals surface area contributed by atoms with Gasteiger partial charge >= 0.3 is 0 Å². The van der Waals surface area contributed by atoms with Crippen LogP contribution in [0.5, 0.6) is 11.5 Å². The van der Waals surface area contributed by atoms with Gasteiger partial charge in [0.2, 0.25) is 5.91 Å². The largest absolute Gasteiger partial charge is 0.490 e. The molecule has 188 valence electrons. The third-order valence-electron chi connectivity index (χ3n) is 5.56. The fourth-order valence-electron chi connectivity index (χ4n) is 3.83. The van der Waals surface area contributed by atoms with E-state index in [4.69, 9.17) is 9.47 Å². The number of fused-ring (bicyclic) bond motifs is 1. The van der Waals surface area contributed by atoms with E-state index in [1.165, 1.54) is 12.3 Å². The van der Waals surface area contributed by atoms with Crippen molar-refractivity contribution in [2.75, 3.05) is 6.61 Å². The Kier molecular flexibility index (Phi) is 8.48. The van der Waals surface area contributed by atoms with Crippen LogP contribution in [0.2, 0.25) is 0 Å². The molecule has 0 saturated heterocycles. The maximum Gasteiger partial charge on any atom is 0.273 e. The van der Waals surface area contributed by atoms with Gasteiger partial charge < -0.3 is 9.47 Å². The summed E-state index contributed by atoms with van der Waals surface area (Å²) in [6.07, 6.45) is 1.30. The number of nitro benzene ring substituents is 1. The van der Waals surface area contributed by atoms with Gasteiger partial charge in [-0.25, -0.2) is 5.43 Å². The Morgan fingerprint density at radius 1 is 1.00 bits per heavy atom. The lowest BCUT2D eigenvalue weighted by Crippen LogP contribution is -2.20. The number of carbonyl (C=O) groups is 1. The topological polar surface area (TPSA) is 103 Å². The van der Waals surface area contributed by atoms with Crippen molar-refractivity contribution in [1.82, 2.24) is 5.43 Å². The number of nitrogens with one attached hydrogen (secondary N) is 1. The number of amides is 1. The van der Waals surface area contributed by atoms with Crippen LogP contribution in [0.25, 0.3) is 10.8 Å². The zero-order valence-electron chi connectivity index (χ0n) is 20.0. The Bertz CT molecular complexity index is 1470. The average molecular weight is 562 g/mol. The number of hydrogen-bond donors (Lipinski definition) is 1. The molecule has 8 nitrogen and oxygen atoms in total. The molecule has 4 rings (SSSR count). The Morgan fingerprint density at radius 3 is 2.51 bits per heavy atom. The lowest BCUT2D eigenvalue weighted by molar-refractivity contribution is -0.385. The maximum atomic E-state index is 12.3. The van der Waals surface area contributed by atoms with Crippen molar-refractivity contribution in [3.8, 4) is 11.5 Å². The molecule has 0 aliphatic carbocycles. The molecule has 0 aromatic heterocycles. The van der Waals surface area contributed by atoms with Crippen LogP contribution in [-0.4, -0.2) is 23.7 Å². The minimum Gasteiger partial charge on any atom is -0.490 e. The molecular weight excluding hydrogens is 538 g/mol. The second kappa shape index (κ2) is 12.1. The zero-order valence-corrected chi connectivity index (χ0v) is 21.6. The van der Waals surface area contributed by atoms with Gasteiger partial charge in [0.25, 0.3) is 5.69 Å². The molecule has 4 aromatic carbocycles. The van der Waals surface area contributed by atoms with Crippen LogP contribution in [0.4, 0.5) is 5.69 Å². The number of carbonyl (C=O) groups excluding carboxylic acids is 1. The van der Waals surface area contributed by atoms with Gasteiger partial charge in [-0.15, -0.1) is 0 Å². The van der Waals surface area contributed by atoms with Crippen molar-refractivity contribution in [2.24, 2.45) is 5.10 Å². The van der Waals surface area contributed by atoms with Gasteiger partial charge in [-0.2, -0.15) is 5.10 Å². The van der Waals surface area contributed by atoms with Gasteiger partial charge in [-0.1, -0.05) is 60.7 Å². The molecule has 0 aliphatic heterocycles. The number of ether oxygens (including phenoxy) is 2. The minimum absolute atomic E-state index is 0.107. The van der Waals surface area contributed by atoms with E-state index in [9.17, 15) is 14.9 Å². The van der Waals surface area contributed by atoms with Gasteiger partial charge in [0.15, 0.2) is 11.5 Å². The molecule has 1 amide bonds. The second-order valence-corrected chi connectivity index (χ2v) is 8.89. The number of rotatable bonds is 10. The summed E-state index contributed by atoms with van der Waals surface area (Å²) in [7, 11) is 0. The summed E-state index contributed by atoms with van der Waals surface area (Å²) in [5.41, 5.74) is 4.34. The summed E-state index contributed by atoms with van der Waals surface area (Å²) in [5.74, 6) is 0.639. The maximum absolute atomic E-state index is 12.3. The number of nitro groups is 1. The quantitative estimate of drug-likeness (QED) is 0.141. The predicted octanol–water partition coefficient (Wildman–Crippen LogP) is 6.18. The van der Waals surface area contributed by atoms with Crippen molar-refractivity contribution in [2.45, 2.75) is 20.0 Å². The monoisotopic (exact) mass is 561 g/mol. The van der Waals surface area contributed by atoms with Gasteiger partial charge in [-0.05, 0) is 51.3 Å². The summed E-state index contributed by atoms with van der Waals surface area (Å²) in [5, 5.41) is 17.4. The molecule has 0 radical (unpaired) electrons. The third-order valence-corrected chi connectivity index (χ3v) is 6.24. The highest BCUT2D eigenvalue weighted by molar-refractivity contribution is 9.10. The molecule has 0 saturated carbocycles.